The maximum Gasteiger partial charge on any atom is 0.455 e. The van der Waals surface area contributed by atoms with Crippen molar-refractivity contribution >= 4 is 32.6 Å². The first-order chi connectivity index (χ1) is 12.0. The minimum Gasteiger partial charge on any atom is -0.287 e. The molecule has 0 aliphatic carbocycles. The summed E-state index contributed by atoms with van der Waals surface area (Å²) in [6, 6.07) is 9.18. The van der Waals surface area contributed by atoms with E-state index in [0.29, 0.717) is 6.20 Å². The molecule has 1 atom stereocenters. The molecular formula is C17H14F3NO3S2. The van der Waals surface area contributed by atoms with Crippen LogP contribution in [-0.2, 0) is 14.5 Å². The number of rotatable bonds is 5. The van der Waals surface area contributed by atoms with Crippen LogP contribution in [0.15, 0.2) is 62.8 Å². The molecule has 1 aromatic carbocycles. The zero-order valence-corrected chi connectivity index (χ0v) is 15.4. The molecule has 0 spiro atoms. The summed E-state index contributed by atoms with van der Waals surface area (Å²) in [5, 5.41) is 1.50. The van der Waals surface area contributed by atoms with E-state index in [4.69, 9.17) is 0 Å². The first-order valence-corrected chi connectivity index (χ1v) is 10.0. The summed E-state index contributed by atoms with van der Waals surface area (Å²) in [6.07, 6.45) is -3.55. The summed E-state index contributed by atoms with van der Waals surface area (Å²) in [5.41, 5.74) is -0.262. The molecule has 0 saturated carbocycles. The average molecular weight is 401 g/mol. The van der Waals surface area contributed by atoms with Gasteiger partial charge in [-0.1, -0.05) is 23.8 Å². The van der Waals surface area contributed by atoms with Crippen LogP contribution in [0.4, 0.5) is 13.2 Å². The lowest BCUT2D eigenvalue weighted by molar-refractivity contribution is -0.166. The molecule has 26 heavy (non-hydrogen) atoms. The smallest absolute Gasteiger partial charge is 0.287 e. The van der Waals surface area contributed by atoms with Crippen molar-refractivity contribution in [2.24, 2.45) is 4.36 Å². The average Bonchev–Trinajstić information content (AvgIpc) is 3.08. The summed E-state index contributed by atoms with van der Waals surface area (Å²) in [6.45, 7) is 1.82. The molecule has 0 N–H and O–H groups in total. The van der Waals surface area contributed by atoms with Gasteiger partial charge in [-0.2, -0.15) is 13.2 Å². The van der Waals surface area contributed by atoms with Crippen LogP contribution in [0.5, 0.6) is 0 Å². The van der Waals surface area contributed by atoms with Gasteiger partial charge in [0.1, 0.15) is 0 Å². The van der Waals surface area contributed by atoms with E-state index in [0.717, 1.165) is 16.9 Å². The maximum absolute atomic E-state index is 12.8. The number of carbonyl (C=O) groups is 2. The Morgan fingerprint density at radius 3 is 2.27 bits per heavy atom. The van der Waals surface area contributed by atoms with E-state index < -0.39 is 33.0 Å². The molecule has 0 aliphatic rings. The fraction of sp³-hybridized carbons (Fsp3) is 0.176. The fourth-order valence-electron chi connectivity index (χ4n) is 1.92. The number of ketones is 2. The minimum absolute atomic E-state index is 0.0398. The van der Waals surface area contributed by atoms with Crippen LogP contribution < -0.4 is 0 Å². The van der Waals surface area contributed by atoms with E-state index in [-0.39, 0.29) is 9.77 Å². The van der Waals surface area contributed by atoms with Crippen LogP contribution in [0.3, 0.4) is 0 Å². The van der Waals surface area contributed by atoms with Crippen LogP contribution in [-0.4, -0.2) is 28.2 Å². The first-order valence-electron chi connectivity index (χ1n) is 7.20. The molecule has 1 unspecified atom stereocenters. The summed E-state index contributed by atoms with van der Waals surface area (Å²) in [7, 11) is -3.12. The van der Waals surface area contributed by atoms with Gasteiger partial charge >= 0.3 is 6.18 Å². The van der Waals surface area contributed by atoms with Crippen LogP contribution in [0.2, 0.25) is 0 Å². The number of halogens is 3. The molecule has 0 radical (unpaired) electrons. The molecule has 0 bridgehead atoms. The van der Waals surface area contributed by atoms with Gasteiger partial charge in [0.2, 0.25) is 5.78 Å². The van der Waals surface area contributed by atoms with Gasteiger partial charge in [0, 0.05) is 11.2 Å². The quantitative estimate of drug-likeness (QED) is 0.323. The Labute approximate surface area is 152 Å². The second-order valence-electron chi connectivity index (χ2n) is 5.40. The number of thiophene rings is 1. The zero-order valence-electron chi connectivity index (χ0n) is 13.7. The van der Waals surface area contributed by atoms with Crippen LogP contribution >= 0.6 is 11.3 Å². The van der Waals surface area contributed by atoms with Crippen molar-refractivity contribution < 1.29 is 27.0 Å². The number of benzene rings is 1. The third kappa shape index (κ3) is 4.67. The highest BCUT2D eigenvalue weighted by Crippen LogP contribution is 2.25. The third-order valence-corrected chi connectivity index (χ3v) is 5.86. The molecule has 0 amide bonds. The van der Waals surface area contributed by atoms with Crippen molar-refractivity contribution in [1.29, 1.82) is 0 Å². The topological polar surface area (TPSA) is 63.6 Å². The Balaban J connectivity index is 2.54. The minimum atomic E-state index is -5.24. The van der Waals surface area contributed by atoms with E-state index in [9.17, 15) is 27.0 Å². The van der Waals surface area contributed by atoms with Crippen LogP contribution in [0.25, 0.3) is 0 Å². The highest BCUT2D eigenvalue weighted by atomic mass is 32.2. The van der Waals surface area contributed by atoms with Gasteiger partial charge in [-0.05, 0) is 30.5 Å². The van der Waals surface area contributed by atoms with Gasteiger partial charge in [0.15, 0.2) is 0 Å². The zero-order chi connectivity index (χ0) is 19.5. The summed E-state index contributed by atoms with van der Waals surface area (Å²) in [4.78, 5) is 24.1. The molecule has 1 aromatic heterocycles. The second-order valence-corrected chi connectivity index (χ2v) is 8.63. The van der Waals surface area contributed by atoms with Gasteiger partial charge in [0.25, 0.3) is 5.78 Å². The lowest BCUT2D eigenvalue weighted by atomic mass is 10.1. The van der Waals surface area contributed by atoms with E-state index >= 15 is 0 Å². The molecule has 0 fully saturated rings. The molecule has 9 heteroatoms. The Kier molecular flexibility index (Phi) is 5.82. The highest BCUT2D eigenvalue weighted by Gasteiger charge is 2.43. The molecule has 0 aliphatic heterocycles. The van der Waals surface area contributed by atoms with E-state index in [1.54, 1.807) is 12.1 Å². The van der Waals surface area contributed by atoms with Crippen molar-refractivity contribution in [3.63, 3.8) is 0 Å². The van der Waals surface area contributed by atoms with Crippen LogP contribution in [0, 0.1) is 6.92 Å². The van der Waals surface area contributed by atoms with Gasteiger partial charge in [-0.25, -0.2) is 8.57 Å². The number of hydrogen-bond acceptors (Lipinski definition) is 5. The van der Waals surface area contributed by atoms with Crippen molar-refractivity contribution in [3.8, 4) is 0 Å². The van der Waals surface area contributed by atoms with Gasteiger partial charge in [-0.15, -0.1) is 11.3 Å². The van der Waals surface area contributed by atoms with Crippen molar-refractivity contribution in [2.45, 2.75) is 18.0 Å². The maximum atomic E-state index is 12.8. The number of hydrogen-bond donors (Lipinski definition) is 0. The fourth-order valence-corrected chi connectivity index (χ4v) is 3.67. The molecular weight excluding hydrogens is 387 g/mol. The number of allylic oxidation sites excluding steroid dienone is 1. The number of aryl methyl sites for hydroxylation is 1. The summed E-state index contributed by atoms with van der Waals surface area (Å²) < 4.78 is 54.8. The summed E-state index contributed by atoms with van der Waals surface area (Å²) in [5.74, 6) is -3.43. The lowest BCUT2D eigenvalue weighted by Gasteiger charge is -2.08. The monoisotopic (exact) mass is 401 g/mol. The number of nitrogens with zero attached hydrogens (tertiary/aromatic N) is 1. The Hall–Kier alpha value is -2.26. The largest absolute Gasteiger partial charge is 0.455 e. The molecule has 4 nitrogen and oxygen atoms in total. The Morgan fingerprint density at radius 1 is 1.15 bits per heavy atom. The Bertz CT molecular complexity index is 966. The van der Waals surface area contributed by atoms with Crippen molar-refractivity contribution in [3.05, 3.63) is 64.0 Å². The van der Waals surface area contributed by atoms with E-state index in [2.05, 4.69) is 4.36 Å². The first kappa shape index (κ1) is 20.1. The van der Waals surface area contributed by atoms with Crippen molar-refractivity contribution in [1.82, 2.24) is 0 Å². The number of Topliss-reactive ketones (excluding diaryl/α,β-unsaturated/α-hetero) is 2. The van der Waals surface area contributed by atoms with E-state index in [1.807, 2.05) is 6.92 Å². The van der Waals surface area contributed by atoms with Gasteiger partial charge < -0.3 is 0 Å². The molecule has 2 aromatic rings. The number of carbonyl (C=O) groups excluding carboxylic acids is 2. The lowest BCUT2D eigenvalue weighted by Crippen LogP contribution is -2.28. The second kappa shape index (κ2) is 7.55. The van der Waals surface area contributed by atoms with Gasteiger partial charge in [0.05, 0.1) is 26.4 Å². The van der Waals surface area contributed by atoms with E-state index in [1.165, 1.54) is 35.9 Å². The molecule has 1 heterocycles. The number of alkyl halides is 3. The van der Waals surface area contributed by atoms with Crippen molar-refractivity contribution in [2.75, 3.05) is 6.26 Å². The predicted molar refractivity (Wildman–Crippen MR) is 93.7 cm³/mol. The third-order valence-electron chi connectivity index (χ3n) is 3.33. The normalized spacial score (nSPS) is 14.6. The highest BCUT2D eigenvalue weighted by molar-refractivity contribution is 7.93. The molecule has 2 rings (SSSR count). The molecule has 138 valence electrons. The predicted octanol–water partition coefficient (Wildman–Crippen LogP) is 4.41. The molecule has 0 saturated heterocycles. The van der Waals surface area contributed by atoms with Gasteiger partial charge in [-0.3, -0.25) is 9.59 Å². The standard InChI is InChI=1S/C17H14F3NO3S2/c1-11-5-7-12(8-6-11)26(2,24)21-10-13(16(23)17(18,19)20)15(22)14-4-3-9-25-14/h3-10H,1-2H3/b13-10+. The van der Waals surface area contributed by atoms with Crippen LogP contribution in [0.1, 0.15) is 15.2 Å². The Morgan fingerprint density at radius 2 is 1.77 bits per heavy atom. The SMILES string of the molecule is Cc1ccc(S(C)(=O)=N/C=C(\C(=O)c2cccs2)C(=O)C(F)(F)F)cc1. The summed E-state index contributed by atoms with van der Waals surface area (Å²) >= 11 is 0.896.